The average molecular weight is 325 g/mol. The van der Waals surface area contributed by atoms with Gasteiger partial charge in [0.25, 0.3) is 0 Å². The molecule has 0 saturated heterocycles. The van der Waals surface area contributed by atoms with Crippen molar-refractivity contribution >= 4 is 27.2 Å². The molecule has 0 amide bonds. The molecule has 2 aliphatic rings. The number of hydrogen-bond acceptors (Lipinski definition) is 2. The van der Waals surface area contributed by atoms with E-state index in [1.807, 2.05) is 12.1 Å². The predicted molar refractivity (Wildman–Crippen MR) is 84.8 cm³/mol. The molecule has 0 saturated carbocycles. The molecule has 4 rings (SSSR count). The van der Waals surface area contributed by atoms with Crippen LogP contribution >= 0.6 is 15.9 Å². The molecule has 0 fully saturated rings. The molecule has 0 spiro atoms. The van der Waals surface area contributed by atoms with E-state index in [9.17, 15) is 0 Å². The molecule has 0 N–H and O–H groups in total. The standard InChI is InChI=1S/C17H13BrN2/c18-12-4-3-5-13(10-12)20-9-8-15-14-6-1-2-7-16(14)19-17(15)11-20/h1-7,10-11H,8-9H2. The van der Waals surface area contributed by atoms with Gasteiger partial charge in [0, 0.05) is 28.1 Å². The van der Waals surface area contributed by atoms with Gasteiger partial charge in [0.1, 0.15) is 0 Å². The quantitative estimate of drug-likeness (QED) is 0.787. The van der Waals surface area contributed by atoms with Gasteiger partial charge in [0.15, 0.2) is 0 Å². The number of hydrogen-bond donors (Lipinski definition) is 0. The maximum absolute atomic E-state index is 4.74. The van der Waals surface area contributed by atoms with Crippen molar-refractivity contribution in [3.05, 3.63) is 75.5 Å². The largest absolute Gasteiger partial charge is 0.345 e. The number of para-hydroxylation sites is 1. The summed E-state index contributed by atoms with van der Waals surface area (Å²) in [5.41, 5.74) is 3.70. The lowest BCUT2D eigenvalue weighted by molar-refractivity contribution is 0.905. The zero-order valence-electron chi connectivity index (χ0n) is 10.9. The molecule has 98 valence electrons. The normalized spacial score (nSPS) is 16.4. The molecule has 0 atom stereocenters. The Morgan fingerprint density at radius 1 is 1.05 bits per heavy atom. The lowest BCUT2D eigenvalue weighted by Gasteiger charge is -2.26. The van der Waals surface area contributed by atoms with E-state index in [1.54, 1.807) is 0 Å². The van der Waals surface area contributed by atoms with Crippen molar-refractivity contribution in [3.63, 3.8) is 0 Å². The summed E-state index contributed by atoms with van der Waals surface area (Å²) in [6.45, 7) is 0.999. The highest BCUT2D eigenvalue weighted by Gasteiger charge is 2.20. The molecule has 2 aromatic carbocycles. The Balaban J connectivity index is 1.81. The van der Waals surface area contributed by atoms with E-state index in [0.29, 0.717) is 0 Å². The van der Waals surface area contributed by atoms with E-state index < -0.39 is 0 Å². The minimum atomic E-state index is 0.999. The zero-order valence-corrected chi connectivity index (χ0v) is 12.5. The third kappa shape index (κ3) is 1.90. The summed E-state index contributed by atoms with van der Waals surface area (Å²) in [7, 11) is 0. The SMILES string of the molecule is Brc1cccc(N2C=C3N=c4ccccc4=C3CC2)c1. The van der Waals surface area contributed by atoms with Crippen molar-refractivity contribution in [3.8, 4) is 0 Å². The van der Waals surface area contributed by atoms with Crippen molar-refractivity contribution in [2.75, 3.05) is 11.4 Å². The van der Waals surface area contributed by atoms with E-state index in [-0.39, 0.29) is 0 Å². The second-order valence-electron chi connectivity index (χ2n) is 5.05. The van der Waals surface area contributed by atoms with Crippen molar-refractivity contribution < 1.29 is 0 Å². The maximum Gasteiger partial charge on any atom is 0.0838 e. The van der Waals surface area contributed by atoms with Crippen LogP contribution < -0.4 is 15.5 Å². The van der Waals surface area contributed by atoms with Crippen LogP contribution in [0.4, 0.5) is 5.69 Å². The zero-order chi connectivity index (χ0) is 13.5. The number of rotatable bonds is 1. The van der Waals surface area contributed by atoms with Crippen LogP contribution in [0.1, 0.15) is 6.42 Å². The van der Waals surface area contributed by atoms with Gasteiger partial charge in [-0.1, -0.05) is 40.2 Å². The molecule has 0 aromatic heterocycles. The number of halogens is 1. The fourth-order valence-electron chi connectivity index (χ4n) is 2.83. The fraction of sp³-hybridized carbons (Fsp3) is 0.118. The van der Waals surface area contributed by atoms with Gasteiger partial charge in [-0.05, 0) is 36.3 Å². The van der Waals surface area contributed by atoms with Crippen LogP contribution in [0.15, 0.2) is 69.9 Å². The van der Waals surface area contributed by atoms with Crippen LogP contribution in [0.25, 0.3) is 5.57 Å². The number of anilines is 1. The summed E-state index contributed by atoms with van der Waals surface area (Å²) in [6, 6.07) is 16.8. The van der Waals surface area contributed by atoms with Crippen molar-refractivity contribution in [1.29, 1.82) is 0 Å². The Morgan fingerprint density at radius 3 is 2.85 bits per heavy atom. The van der Waals surface area contributed by atoms with Crippen LogP contribution in [0.2, 0.25) is 0 Å². The van der Waals surface area contributed by atoms with Gasteiger partial charge in [-0.3, -0.25) is 0 Å². The lowest BCUT2D eigenvalue weighted by Crippen LogP contribution is -2.26. The highest BCUT2D eigenvalue weighted by atomic mass is 79.9. The summed E-state index contributed by atoms with van der Waals surface area (Å²) >= 11 is 3.53. The van der Waals surface area contributed by atoms with Gasteiger partial charge in [0.05, 0.1) is 11.1 Å². The molecule has 2 aromatic rings. The maximum atomic E-state index is 4.74. The molecule has 3 heteroatoms. The van der Waals surface area contributed by atoms with Gasteiger partial charge in [0.2, 0.25) is 0 Å². The Bertz CT molecular complexity index is 836. The number of benzene rings is 2. The first-order valence-electron chi connectivity index (χ1n) is 6.73. The molecule has 0 radical (unpaired) electrons. The molecule has 0 bridgehead atoms. The van der Waals surface area contributed by atoms with E-state index >= 15 is 0 Å². The topological polar surface area (TPSA) is 15.6 Å². The Morgan fingerprint density at radius 2 is 1.95 bits per heavy atom. The number of allylic oxidation sites excluding steroid dienone is 1. The second-order valence-corrected chi connectivity index (χ2v) is 5.96. The van der Waals surface area contributed by atoms with Gasteiger partial charge < -0.3 is 4.90 Å². The van der Waals surface area contributed by atoms with Crippen LogP contribution in [0, 0.1) is 0 Å². The minimum absolute atomic E-state index is 0.999. The molecule has 20 heavy (non-hydrogen) atoms. The highest BCUT2D eigenvalue weighted by Crippen LogP contribution is 2.29. The highest BCUT2D eigenvalue weighted by molar-refractivity contribution is 9.10. The third-order valence-electron chi connectivity index (χ3n) is 3.80. The summed E-state index contributed by atoms with van der Waals surface area (Å²) < 4.78 is 1.11. The van der Waals surface area contributed by atoms with Crippen LogP contribution in [0.5, 0.6) is 0 Å². The predicted octanol–water partition coefficient (Wildman–Crippen LogP) is 2.98. The first kappa shape index (κ1) is 11.9. The summed E-state index contributed by atoms with van der Waals surface area (Å²) in [4.78, 5) is 7.02. The Hall–Kier alpha value is -1.87. The monoisotopic (exact) mass is 324 g/mol. The van der Waals surface area contributed by atoms with Crippen LogP contribution in [0.3, 0.4) is 0 Å². The molecule has 2 nitrogen and oxygen atoms in total. The average Bonchev–Trinajstić information content (AvgIpc) is 2.85. The summed E-state index contributed by atoms with van der Waals surface area (Å²) in [5.74, 6) is 0. The molecular formula is C17H13BrN2. The Kier molecular flexibility index (Phi) is 2.74. The summed E-state index contributed by atoms with van der Waals surface area (Å²) in [5, 5.41) is 2.40. The lowest BCUT2D eigenvalue weighted by atomic mass is 10.0. The van der Waals surface area contributed by atoms with E-state index in [4.69, 9.17) is 4.99 Å². The first-order valence-corrected chi connectivity index (χ1v) is 7.52. The van der Waals surface area contributed by atoms with E-state index in [2.05, 4.69) is 63.4 Å². The molecule has 0 aliphatic carbocycles. The van der Waals surface area contributed by atoms with Gasteiger partial charge in [-0.25, -0.2) is 4.99 Å². The second kappa shape index (κ2) is 4.60. The number of fused-ring (bicyclic) bond motifs is 2. The minimum Gasteiger partial charge on any atom is -0.345 e. The first-order chi connectivity index (χ1) is 9.81. The number of nitrogens with zero attached hydrogens (tertiary/aromatic N) is 2. The van der Waals surface area contributed by atoms with Crippen LogP contribution in [-0.4, -0.2) is 6.54 Å². The van der Waals surface area contributed by atoms with Crippen LogP contribution in [-0.2, 0) is 0 Å². The van der Waals surface area contributed by atoms with E-state index in [0.717, 1.165) is 28.5 Å². The van der Waals surface area contributed by atoms with Gasteiger partial charge >= 0.3 is 0 Å². The smallest absolute Gasteiger partial charge is 0.0838 e. The molecule has 2 aliphatic heterocycles. The van der Waals surface area contributed by atoms with Crippen molar-refractivity contribution in [2.24, 2.45) is 4.99 Å². The molecule has 2 heterocycles. The van der Waals surface area contributed by atoms with Gasteiger partial charge in [-0.2, -0.15) is 0 Å². The van der Waals surface area contributed by atoms with Crippen molar-refractivity contribution in [1.82, 2.24) is 0 Å². The van der Waals surface area contributed by atoms with Crippen molar-refractivity contribution in [2.45, 2.75) is 6.42 Å². The summed E-state index contributed by atoms with van der Waals surface area (Å²) in [6.07, 6.45) is 3.21. The van der Waals surface area contributed by atoms with E-state index in [1.165, 1.54) is 16.5 Å². The Labute approximate surface area is 125 Å². The molecular weight excluding hydrogens is 312 g/mol. The third-order valence-corrected chi connectivity index (χ3v) is 4.29. The fourth-order valence-corrected chi connectivity index (χ4v) is 3.22. The van der Waals surface area contributed by atoms with Gasteiger partial charge in [-0.15, -0.1) is 0 Å². The molecule has 0 unspecified atom stereocenters.